The number of aliphatic hydroxyl groups excluding tert-OH is 1. The van der Waals surface area contributed by atoms with Gasteiger partial charge in [-0.25, -0.2) is 4.68 Å². The summed E-state index contributed by atoms with van der Waals surface area (Å²) in [4.78, 5) is 61.3. The molecule has 4 aromatic rings. The van der Waals surface area contributed by atoms with E-state index in [4.69, 9.17) is 14.2 Å². The molecule has 1 aromatic heterocycles. The van der Waals surface area contributed by atoms with Gasteiger partial charge in [-0.2, -0.15) is 0 Å². The predicted octanol–water partition coefficient (Wildman–Crippen LogP) is 2.74. The van der Waals surface area contributed by atoms with Crippen LogP contribution in [-0.4, -0.2) is 110 Å². The third-order valence-corrected chi connectivity index (χ3v) is 11.2. The minimum atomic E-state index is -1.61. The van der Waals surface area contributed by atoms with E-state index in [9.17, 15) is 14.7 Å². The number of cyclic esters (lactones) is 1. The molecular formula is C42H44N6O8. The molecule has 2 saturated heterocycles. The van der Waals surface area contributed by atoms with Crippen molar-refractivity contribution in [1.82, 2.24) is 30.1 Å². The number of carbonyl (C=O) groups is 4. The summed E-state index contributed by atoms with van der Waals surface area (Å²) in [5.74, 6) is -4.27. The van der Waals surface area contributed by atoms with Crippen molar-refractivity contribution < 1.29 is 38.5 Å². The maximum Gasteiger partial charge on any atom is 0.313 e. The second kappa shape index (κ2) is 15.8. The van der Waals surface area contributed by atoms with Crippen LogP contribution in [0.4, 0.5) is 0 Å². The molecule has 5 heterocycles. The van der Waals surface area contributed by atoms with Gasteiger partial charge in [0.05, 0.1) is 42.8 Å². The van der Waals surface area contributed by atoms with Gasteiger partial charge in [-0.05, 0) is 36.1 Å². The Balaban J connectivity index is 1.22. The molecule has 1 spiro atoms. The van der Waals surface area contributed by atoms with Crippen molar-refractivity contribution in [3.63, 3.8) is 0 Å². The molecule has 0 bridgehead atoms. The monoisotopic (exact) mass is 760 g/mol. The highest BCUT2D eigenvalue weighted by molar-refractivity contribution is 5.99. The van der Waals surface area contributed by atoms with Crippen LogP contribution in [0.1, 0.15) is 30.1 Å². The Kier molecular flexibility index (Phi) is 10.5. The van der Waals surface area contributed by atoms with Crippen molar-refractivity contribution in [3.8, 4) is 0 Å². The number of likely N-dealkylation sites (tertiary alicyclic amines) is 1. The highest BCUT2D eigenvalue weighted by Gasteiger charge is 2.72. The predicted molar refractivity (Wildman–Crippen MR) is 202 cm³/mol. The number of esters is 1. The van der Waals surface area contributed by atoms with Gasteiger partial charge in [0.2, 0.25) is 11.8 Å². The van der Waals surface area contributed by atoms with Crippen molar-refractivity contribution >= 4 is 34.7 Å². The number of hydrogen-bond donors (Lipinski definition) is 2. The lowest BCUT2D eigenvalue weighted by atomic mass is 9.77. The zero-order valence-electron chi connectivity index (χ0n) is 30.9. The molecule has 14 nitrogen and oxygen atoms in total. The minimum Gasteiger partial charge on any atom is -0.455 e. The number of rotatable bonds is 9. The maximum atomic E-state index is 15.2. The first kappa shape index (κ1) is 37.2. The highest BCUT2D eigenvalue weighted by atomic mass is 16.6. The van der Waals surface area contributed by atoms with E-state index in [2.05, 4.69) is 15.6 Å². The van der Waals surface area contributed by atoms with Crippen molar-refractivity contribution in [3.05, 3.63) is 120 Å². The van der Waals surface area contributed by atoms with Gasteiger partial charge in [-0.15, -0.1) is 5.10 Å². The fraction of sp³-hybridized carbons (Fsp3) is 0.381. The van der Waals surface area contributed by atoms with Crippen LogP contribution in [0.25, 0.3) is 11.0 Å². The lowest BCUT2D eigenvalue weighted by molar-refractivity contribution is -0.163. The molecule has 0 saturated carbocycles. The fourth-order valence-corrected chi connectivity index (χ4v) is 8.72. The smallest absolute Gasteiger partial charge is 0.313 e. The average molecular weight is 761 g/mol. The Bertz CT molecular complexity index is 2140. The van der Waals surface area contributed by atoms with Crippen LogP contribution in [0.15, 0.2) is 109 Å². The van der Waals surface area contributed by atoms with Crippen molar-refractivity contribution in [2.75, 3.05) is 26.9 Å². The van der Waals surface area contributed by atoms with Crippen molar-refractivity contribution in [2.45, 2.75) is 61.9 Å². The van der Waals surface area contributed by atoms with Gasteiger partial charge in [0.25, 0.3) is 5.91 Å². The van der Waals surface area contributed by atoms with E-state index < -0.39 is 72.2 Å². The Labute approximate surface area is 323 Å². The van der Waals surface area contributed by atoms with E-state index in [1.165, 1.54) is 12.0 Å². The summed E-state index contributed by atoms with van der Waals surface area (Å²) in [6.45, 7) is -0.213. The molecule has 0 radical (unpaired) electrons. The average Bonchev–Trinajstić information content (AvgIpc) is 3.81. The Morgan fingerprint density at radius 2 is 1.71 bits per heavy atom. The van der Waals surface area contributed by atoms with Crippen molar-refractivity contribution in [1.29, 1.82) is 0 Å². The molecule has 290 valence electrons. The largest absolute Gasteiger partial charge is 0.455 e. The number of nitrogens with one attached hydrogen (secondary N) is 1. The molecule has 56 heavy (non-hydrogen) atoms. The van der Waals surface area contributed by atoms with Gasteiger partial charge in [0.1, 0.15) is 35.9 Å². The van der Waals surface area contributed by atoms with E-state index in [1.807, 2.05) is 72.8 Å². The van der Waals surface area contributed by atoms with Gasteiger partial charge in [-0.3, -0.25) is 19.2 Å². The van der Waals surface area contributed by atoms with E-state index in [-0.39, 0.29) is 38.6 Å². The number of aromatic nitrogens is 3. The third kappa shape index (κ3) is 6.77. The number of allylic oxidation sites excluding steroid dienone is 1. The number of para-hydroxylation sites is 1. The van der Waals surface area contributed by atoms with Gasteiger partial charge < -0.3 is 34.4 Å². The number of methoxy groups -OCH3 is 1. The Hall–Kier alpha value is -5.70. The standard InChI is InChI=1S/C42H44N6O8/c1-54-25-31-37(28-15-6-3-7-16-28)55-41(53)35-33(19-10-11-20-34(50)43-31)56-42-21-12-22-46(26-47-32-18-9-8-17-30(32)44-45-47)40(52)38(42)48(39(51)36(35)42)29(24-49)23-27-13-4-2-5-14-27/h2-10,12-19,21,29,31,33,35-38,49H,11,20,22-26H2,1H3,(H,43,50)/b19-10-/t29-,31-,33-,35+,36+,37-,38-,42+/m1/s1. The van der Waals surface area contributed by atoms with Crippen molar-refractivity contribution in [2.24, 2.45) is 11.8 Å². The van der Waals surface area contributed by atoms with Gasteiger partial charge in [0.15, 0.2) is 0 Å². The first-order chi connectivity index (χ1) is 27.3. The summed E-state index contributed by atoms with van der Waals surface area (Å²) in [6, 6.07) is 23.1. The van der Waals surface area contributed by atoms with E-state index in [0.29, 0.717) is 17.5 Å². The maximum absolute atomic E-state index is 15.2. The first-order valence-corrected chi connectivity index (χ1v) is 18.9. The fourth-order valence-electron chi connectivity index (χ4n) is 8.72. The van der Waals surface area contributed by atoms with Crippen LogP contribution in [0.3, 0.4) is 0 Å². The summed E-state index contributed by atoms with van der Waals surface area (Å²) >= 11 is 0. The number of nitrogens with zero attached hydrogens (tertiary/aromatic N) is 5. The number of ether oxygens (including phenoxy) is 3. The molecular weight excluding hydrogens is 716 g/mol. The number of aliphatic hydroxyl groups is 1. The zero-order chi connectivity index (χ0) is 38.8. The van der Waals surface area contributed by atoms with Gasteiger partial charge in [0, 0.05) is 20.1 Å². The molecule has 2 fully saturated rings. The highest BCUT2D eigenvalue weighted by Crippen LogP contribution is 2.54. The second-order valence-corrected chi connectivity index (χ2v) is 14.7. The van der Waals surface area contributed by atoms with Crippen LogP contribution < -0.4 is 5.32 Å². The SMILES string of the molecule is COC[C@H]1NC(=O)CC/C=C\[C@H]2O[C@]34C=CCN(Cn5nnc6ccccc65)C(=O)[C@H]3N([C@@H](CO)Cc3ccccc3)C(=O)[C@@H]4[C@H]2C(=O)O[C@@H]1c1ccccc1. The third-order valence-electron chi connectivity index (χ3n) is 11.2. The van der Waals surface area contributed by atoms with E-state index in [0.717, 1.165) is 11.1 Å². The summed E-state index contributed by atoms with van der Waals surface area (Å²) in [6.07, 6.45) is 5.77. The Morgan fingerprint density at radius 3 is 2.48 bits per heavy atom. The quantitative estimate of drug-likeness (QED) is 0.192. The van der Waals surface area contributed by atoms with Crippen LogP contribution in [0.2, 0.25) is 0 Å². The molecule has 0 unspecified atom stereocenters. The summed E-state index contributed by atoms with van der Waals surface area (Å²) < 4.78 is 20.4. The van der Waals surface area contributed by atoms with Crippen LogP contribution >= 0.6 is 0 Å². The van der Waals surface area contributed by atoms with E-state index >= 15 is 9.59 Å². The first-order valence-electron chi connectivity index (χ1n) is 18.9. The molecule has 2 N–H and O–H groups in total. The molecule has 8 atom stereocenters. The number of hydrogen-bond acceptors (Lipinski definition) is 10. The lowest BCUT2D eigenvalue weighted by Gasteiger charge is -2.38. The molecule has 8 rings (SSSR count). The van der Waals surface area contributed by atoms with Crippen LogP contribution in [-0.2, 0) is 46.5 Å². The topological polar surface area (TPSA) is 165 Å². The number of fused-ring (bicyclic) bond motifs is 3. The molecule has 3 aromatic carbocycles. The summed E-state index contributed by atoms with van der Waals surface area (Å²) in [7, 11) is 1.50. The number of benzene rings is 3. The lowest BCUT2D eigenvalue weighted by Crippen LogP contribution is -2.58. The normalized spacial score (nSPS) is 29.0. The summed E-state index contributed by atoms with van der Waals surface area (Å²) in [5, 5.41) is 22.5. The summed E-state index contributed by atoms with van der Waals surface area (Å²) in [5.41, 5.74) is 1.27. The molecule has 4 aliphatic heterocycles. The molecule has 14 heteroatoms. The Morgan fingerprint density at radius 1 is 0.964 bits per heavy atom. The van der Waals surface area contributed by atoms with Crippen LogP contribution in [0, 0.1) is 11.8 Å². The van der Waals surface area contributed by atoms with Crippen LogP contribution in [0.5, 0.6) is 0 Å². The van der Waals surface area contributed by atoms with Gasteiger partial charge in [-0.1, -0.05) is 102 Å². The molecule has 4 aliphatic rings. The van der Waals surface area contributed by atoms with E-state index in [1.54, 1.807) is 46.0 Å². The molecule has 0 aliphatic carbocycles. The second-order valence-electron chi connectivity index (χ2n) is 14.7. The van der Waals surface area contributed by atoms with Gasteiger partial charge >= 0.3 is 5.97 Å². The zero-order valence-corrected chi connectivity index (χ0v) is 30.9. The molecule has 3 amide bonds. The number of carbonyl (C=O) groups excluding carboxylic acids is 4. The minimum absolute atomic E-state index is 0.0287. The number of amides is 3.